The van der Waals surface area contributed by atoms with Gasteiger partial charge in [-0.2, -0.15) is 0 Å². The number of nitrogens with zero attached hydrogens (tertiary/aromatic N) is 2. The highest BCUT2D eigenvalue weighted by atomic mass is 16.4. The van der Waals surface area contributed by atoms with Crippen molar-refractivity contribution < 1.29 is 4.42 Å². The standard InChI is InChI=1S/C7H8N2O/c1-2-7(3-5(1)7)6-9-8-4-10-6/h4-5H,1-3H2. The topological polar surface area (TPSA) is 38.9 Å². The smallest absolute Gasteiger partial charge is 0.222 e. The Hall–Kier alpha value is -0.860. The molecule has 1 aromatic rings. The van der Waals surface area contributed by atoms with Crippen molar-refractivity contribution in [3.63, 3.8) is 0 Å². The van der Waals surface area contributed by atoms with Crippen LogP contribution in [0.25, 0.3) is 0 Å². The van der Waals surface area contributed by atoms with Crippen LogP contribution in [0.15, 0.2) is 10.8 Å². The summed E-state index contributed by atoms with van der Waals surface area (Å²) in [5, 5.41) is 7.62. The van der Waals surface area contributed by atoms with Gasteiger partial charge in [0.05, 0.1) is 5.41 Å². The van der Waals surface area contributed by atoms with Crippen LogP contribution in [0.5, 0.6) is 0 Å². The predicted octanol–water partition coefficient (Wildman–Crippen LogP) is 1.12. The van der Waals surface area contributed by atoms with Crippen molar-refractivity contribution in [2.75, 3.05) is 0 Å². The van der Waals surface area contributed by atoms with E-state index in [9.17, 15) is 0 Å². The van der Waals surface area contributed by atoms with Gasteiger partial charge < -0.3 is 4.42 Å². The lowest BCUT2D eigenvalue weighted by atomic mass is 9.85. The van der Waals surface area contributed by atoms with Gasteiger partial charge in [0.15, 0.2) is 0 Å². The zero-order valence-corrected chi connectivity index (χ0v) is 5.58. The van der Waals surface area contributed by atoms with Gasteiger partial charge in [-0.3, -0.25) is 0 Å². The molecule has 0 N–H and O–H groups in total. The summed E-state index contributed by atoms with van der Waals surface area (Å²) in [5.41, 5.74) is 0.372. The summed E-state index contributed by atoms with van der Waals surface area (Å²) in [6.07, 6.45) is 5.34. The Morgan fingerprint density at radius 1 is 1.70 bits per heavy atom. The van der Waals surface area contributed by atoms with E-state index < -0.39 is 0 Å². The molecule has 10 heavy (non-hydrogen) atoms. The van der Waals surface area contributed by atoms with Crippen LogP contribution in [0.1, 0.15) is 25.2 Å². The number of rotatable bonds is 1. The highest BCUT2D eigenvalue weighted by molar-refractivity contribution is 5.25. The largest absolute Gasteiger partial charge is 0.427 e. The molecule has 3 heteroatoms. The molecular weight excluding hydrogens is 128 g/mol. The number of hydrogen-bond acceptors (Lipinski definition) is 3. The molecule has 2 saturated carbocycles. The van der Waals surface area contributed by atoms with Crippen LogP contribution in [0, 0.1) is 5.92 Å². The maximum atomic E-state index is 5.16. The molecule has 0 amide bonds. The molecule has 2 fully saturated rings. The molecule has 3 nitrogen and oxygen atoms in total. The molecule has 0 radical (unpaired) electrons. The zero-order chi connectivity index (χ0) is 6.60. The molecule has 52 valence electrons. The Balaban J connectivity index is 2.03. The lowest BCUT2D eigenvalue weighted by molar-refractivity contribution is 0.318. The molecule has 0 spiro atoms. The third-order valence-corrected chi connectivity index (χ3v) is 2.96. The number of aromatic nitrogens is 2. The monoisotopic (exact) mass is 136 g/mol. The summed E-state index contributed by atoms with van der Waals surface area (Å²) < 4.78 is 5.16. The fraction of sp³-hybridized carbons (Fsp3) is 0.714. The van der Waals surface area contributed by atoms with Crippen molar-refractivity contribution >= 4 is 0 Å². The summed E-state index contributed by atoms with van der Waals surface area (Å²) in [4.78, 5) is 0. The summed E-state index contributed by atoms with van der Waals surface area (Å²) in [6.45, 7) is 0. The van der Waals surface area contributed by atoms with Crippen LogP contribution >= 0.6 is 0 Å². The summed E-state index contributed by atoms with van der Waals surface area (Å²) in [7, 11) is 0. The Kier molecular flexibility index (Phi) is 0.615. The van der Waals surface area contributed by atoms with Gasteiger partial charge in [-0.15, -0.1) is 10.2 Å². The quantitative estimate of drug-likeness (QED) is 0.580. The normalized spacial score (nSPS) is 42.2. The van der Waals surface area contributed by atoms with Gasteiger partial charge in [0, 0.05) is 0 Å². The second-order valence-corrected chi connectivity index (χ2v) is 3.34. The van der Waals surface area contributed by atoms with Crippen molar-refractivity contribution in [3.8, 4) is 0 Å². The second kappa shape index (κ2) is 1.26. The van der Waals surface area contributed by atoms with E-state index in [1.54, 1.807) is 0 Å². The number of hydrogen-bond donors (Lipinski definition) is 0. The van der Waals surface area contributed by atoms with Crippen molar-refractivity contribution in [3.05, 3.63) is 12.3 Å². The first kappa shape index (κ1) is 4.88. The van der Waals surface area contributed by atoms with E-state index in [1.807, 2.05) is 0 Å². The second-order valence-electron chi connectivity index (χ2n) is 3.34. The van der Waals surface area contributed by atoms with Gasteiger partial charge in [0.25, 0.3) is 0 Å². The van der Waals surface area contributed by atoms with Crippen LogP contribution in [0.3, 0.4) is 0 Å². The first-order chi connectivity index (χ1) is 4.92. The number of fused-ring (bicyclic) bond motifs is 1. The molecule has 0 bridgehead atoms. The van der Waals surface area contributed by atoms with E-state index in [1.165, 1.54) is 25.7 Å². The third kappa shape index (κ3) is 0.365. The SMILES string of the molecule is c1nnc(C23CCC2C3)o1. The molecule has 1 aromatic heterocycles. The first-order valence-corrected chi connectivity index (χ1v) is 3.68. The van der Waals surface area contributed by atoms with Crippen LogP contribution in [-0.4, -0.2) is 10.2 Å². The minimum absolute atomic E-state index is 0.372. The summed E-state index contributed by atoms with van der Waals surface area (Å²) in [6, 6.07) is 0. The zero-order valence-electron chi connectivity index (χ0n) is 5.58. The van der Waals surface area contributed by atoms with Gasteiger partial charge in [-0.1, -0.05) is 0 Å². The van der Waals surface area contributed by atoms with E-state index >= 15 is 0 Å². The van der Waals surface area contributed by atoms with Gasteiger partial charge in [0.2, 0.25) is 12.3 Å². The molecule has 1 heterocycles. The predicted molar refractivity (Wildman–Crippen MR) is 33.3 cm³/mol. The van der Waals surface area contributed by atoms with Crippen molar-refractivity contribution in [1.82, 2.24) is 10.2 Å². The molecule has 2 aliphatic rings. The van der Waals surface area contributed by atoms with E-state index in [-0.39, 0.29) is 0 Å². The third-order valence-electron chi connectivity index (χ3n) is 2.96. The molecule has 3 rings (SSSR count). The van der Waals surface area contributed by atoms with Crippen LogP contribution < -0.4 is 0 Å². The van der Waals surface area contributed by atoms with E-state index in [0.717, 1.165) is 11.8 Å². The van der Waals surface area contributed by atoms with Crippen LogP contribution in [-0.2, 0) is 5.41 Å². The van der Waals surface area contributed by atoms with Crippen LogP contribution in [0.2, 0.25) is 0 Å². The Bertz CT molecular complexity index is 253. The Morgan fingerprint density at radius 2 is 2.70 bits per heavy atom. The minimum atomic E-state index is 0.372. The minimum Gasteiger partial charge on any atom is -0.427 e. The lowest BCUT2D eigenvalue weighted by Crippen LogP contribution is -2.19. The average Bonchev–Trinajstić information content (AvgIpc) is 2.40. The summed E-state index contributed by atoms with van der Waals surface area (Å²) >= 11 is 0. The first-order valence-electron chi connectivity index (χ1n) is 3.68. The molecule has 0 saturated heterocycles. The molecule has 0 aromatic carbocycles. The molecular formula is C7H8N2O. The van der Waals surface area contributed by atoms with E-state index in [4.69, 9.17) is 4.42 Å². The van der Waals surface area contributed by atoms with Crippen molar-refractivity contribution in [1.29, 1.82) is 0 Å². The molecule has 0 aliphatic heterocycles. The maximum Gasteiger partial charge on any atom is 0.222 e. The van der Waals surface area contributed by atoms with Gasteiger partial charge >= 0.3 is 0 Å². The van der Waals surface area contributed by atoms with Crippen LogP contribution in [0.4, 0.5) is 0 Å². The van der Waals surface area contributed by atoms with Gasteiger partial charge in [-0.05, 0) is 25.2 Å². The van der Waals surface area contributed by atoms with Crippen molar-refractivity contribution in [2.24, 2.45) is 5.92 Å². The van der Waals surface area contributed by atoms with Crippen molar-refractivity contribution in [2.45, 2.75) is 24.7 Å². The van der Waals surface area contributed by atoms with Gasteiger partial charge in [0.1, 0.15) is 0 Å². The highest BCUT2D eigenvalue weighted by Gasteiger charge is 2.65. The Morgan fingerprint density at radius 3 is 3.10 bits per heavy atom. The fourth-order valence-corrected chi connectivity index (χ4v) is 2.04. The lowest BCUT2D eigenvalue weighted by Gasteiger charge is -2.20. The van der Waals surface area contributed by atoms with E-state index in [0.29, 0.717) is 5.41 Å². The average molecular weight is 136 g/mol. The molecule has 2 atom stereocenters. The van der Waals surface area contributed by atoms with E-state index in [2.05, 4.69) is 10.2 Å². The summed E-state index contributed by atoms with van der Waals surface area (Å²) in [5.74, 6) is 1.76. The fourth-order valence-electron chi connectivity index (χ4n) is 2.04. The maximum absolute atomic E-state index is 5.16. The highest BCUT2D eigenvalue weighted by Crippen LogP contribution is 2.67. The Labute approximate surface area is 58.4 Å². The van der Waals surface area contributed by atoms with Gasteiger partial charge in [-0.25, -0.2) is 0 Å². The molecule has 2 aliphatic carbocycles. The molecule has 2 unspecified atom stereocenters.